The lowest BCUT2D eigenvalue weighted by atomic mass is 9.92. The third-order valence-electron chi connectivity index (χ3n) is 2.69. The molecule has 0 saturated heterocycles. The highest BCUT2D eigenvalue weighted by Crippen LogP contribution is 2.30. The van der Waals surface area contributed by atoms with E-state index >= 15 is 0 Å². The summed E-state index contributed by atoms with van der Waals surface area (Å²) in [5, 5.41) is 0.693. The minimum absolute atomic E-state index is 0.0746. The predicted molar refractivity (Wildman–Crippen MR) is 88.3 cm³/mol. The van der Waals surface area contributed by atoms with E-state index in [1.807, 2.05) is 24.3 Å². The zero-order valence-corrected chi connectivity index (χ0v) is 14.0. The summed E-state index contributed by atoms with van der Waals surface area (Å²) in [6, 6.07) is 7.45. The second kappa shape index (κ2) is 5.25. The first-order chi connectivity index (χ1) is 8.79. The lowest BCUT2D eigenvalue weighted by Gasteiger charge is -2.21. The minimum Gasteiger partial charge on any atom is -0.383 e. The van der Waals surface area contributed by atoms with Crippen molar-refractivity contribution < 1.29 is 0 Å². The van der Waals surface area contributed by atoms with Crippen LogP contribution in [0.25, 0.3) is 11.4 Å². The quantitative estimate of drug-likeness (QED) is 0.743. The number of nitrogen functional groups attached to an aromatic ring is 1. The Morgan fingerprint density at radius 3 is 2.21 bits per heavy atom. The molecule has 0 aliphatic heterocycles. The average Bonchev–Trinajstić information content (AvgIpc) is 2.32. The van der Waals surface area contributed by atoms with Crippen molar-refractivity contribution in [1.82, 2.24) is 9.97 Å². The molecule has 100 valence electrons. The van der Waals surface area contributed by atoms with Crippen LogP contribution in [-0.4, -0.2) is 9.97 Å². The zero-order chi connectivity index (χ0) is 14.2. The second-order valence-corrected chi connectivity index (χ2v) is 6.87. The van der Waals surface area contributed by atoms with Crippen molar-refractivity contribution in [2.45, 2.75) is 26.2 Å². The topological polar surface area (TPSA) is 51.8 Å². The molecule has 0 radical (unpaired) electrons. The predicted octanol–water partition coefficient (Wildman–Crippen LogP) is 4.28. The molecule has 1 heterocycles. The van der Waals surface area contributed by atoms with Crippen molar-refractivity contribution >= 4 is 40.0 Å². The SMILES string of the molecule is CC(C)(C)c1nc(-c2ccc(Cl)cc2)nc(N)c1I. The molecule has 1 aromatic carbocycles. The van der Waals surface area contributed by atoms with Crippen LogP contribution in [-0.2, 0) is 5.41 Å². The van der Waals surface area contributed by atoms with Gasteiger partial charge < -0.3 is 5.73 Å². The molecule has 1 aromatic heterocycles. The van der Waals surface area contributed by atoms with Gasteiger partial charge in [0.25, 0.3) is 0 Å². The summed E-state index contributed by atoms with van der Waals surface area (Å²) in [4.78, 5) is 9.03. The standard InChI is InChI=1S/C14H15ClIN3/c1-14(2,3)11-10(16)12(17)19-13(18-11)8-4-6-9(15)7-5-8/h4-7H,1-3H3,(H2,17,18,19). The molecule has 0 amide bonds. The number of rotatable bonds is 1. The Morgan fingerprint density at radius 2 is 1.68 bits per heavy atom. The number of benzene rings is 1. The summed E-state index contributed by atoms with van der Waals surface area (Å²) in [5.74, 6) is 1.16. The Bertz CT molecular complexity index is 603. The van der Waals surface area contributed by atoms with E-state index in [1.54, 1.807) is 0 Å². The Morgan fingerprint density at radius 1 is 1.11 bits per heavy atom. The van der Waals surface area contributed by atoms with Crippen molar-refractivity contribution in [3.05, 3.63) is 38.6 Å². The Balaban J connectivity index is 2.60. The molecule has 0 fully saturated rings. The molecule has 2 N–H and O–H groups in total. The summed E-state index contributed by atoms with van der Waals surface area (Å²) in [5.41, 5.74) is 7.80. The molecular formula is C14H15ClIN3. The third kappa shape index (κ3) is 3.17. The summed E-state index contributed by atoms with van der Waals surface area (Å²) in [7, 11) is 0. The van der Waals surface area contributed by atoms with Crippen molar-refractivity contribution in [1.29, 1.82) is 0 Å². The molecule has 19 heavy (non-hydrogen) atoms. The van der Waals surface area contributed by atoms with Crippen molar-refractivity contribution in [2.24, 2.45) is 0 Å². The van der Waals surface area contributed by atoms with Gasteiger partial charge in [-0.1, -0.05) is 32.4 Å². The highest BCUT2D eigenvalue weighted by atomic mass is 127. The highest BCUT2D eigenvalue weighted by molar-refractivity contribution is 14.1. The maximum atomic E-state index is 6.00. The Kier molecular flexibility index (Phi) is 4.01. The summed E-state index contributed by atoms with van der Waals surface area (Å²) < 4.78 is 0.919. The molecule has 3 nitrogen and oxygen atoms in total. The number of halogens is 2. The number of hydrogen-bond donors (Lipinski definition) is 1. The summed E-state index contributed by atoms with van der Waals surface area (Å²) in [6.07, 6.45) is 0. The van der Waals surface area contributed by atoms with Gasteiger partial charge in [-0.3, -0.25) is 0 Å². The van der Waals surface area contributed by atoms with E-state index in [2.05, 4.69) is 53.3 Å². The Hall–Kier alpha value is -0.880. The third-order valence-corrected chi connectivity index (χ3v) is 4.01. The van der Waals surface area contributed by atoms with Crippen LogP contribution in [0.4, 0.5) is 5.82 Å². The van der Waals surface area contributed by atoms with Gasteiger partial charge in [-0.25, -0.2) is 9.97 Å². The number of anilines is 1. The van der Waals surface area contributed by atoms with Gasteiger partial charge in [0.2, 0.25) is 0 Å². The number of nitrogens with zero attached hydrogens (tertiary/aromatic N) is 2. The van der Waals surface area contributed by atoms with E-state index in [1.165, 1.54) is 0 Å². The van der Waals surface area contributed by atoms with E-state index in [0.717, 1.165) is 14.8 Å². The molecule has 5 heteroatoms. The fourth-order valence-corrected chi connectivity index (χ4v) is 2.87. The van der Waals surface area contributed by atoms with Gasteiger partial charge in [0.1, 0.15) is 5.82 Å². The lowest BCUT2D eigenvalue weighted by Crippen LogP contribution is -2.18. The lowest BCUT2D eigenvalue weighted by molar-refractivity contribution is 0.564. The summed E-state index contributed by atoms with van der Waals surface area (Å²) >= 11 is 8.09. The number of aromatic nitrogens is 2. The van der Waals surface area contributed by atoms with E-state index in [4.69, 9.17) is 17.3 Å². The first-order valence-electron chi connectivity index (χ1n) is 5.88. The van der Waals surface area contributed by atoms with E-state index < -0.39 is 0 Å². The van der Waals surface area contributed by atoms with Gasteiger partial charge in [0.15, 0.2) is 5.82 Å². The molecule has 0 aliphatic carbocycles. The number of hydrogen-bond acceptors (Lipinski definition) is 3. The van der Waals surface area contributed by atoms with Crippen molar-refractivity contribution in [3.63, 3.8) is 0 Å². The van der Waals surface area contributed by atoms with E-state index in [0.29, 0.717) is 16.7 Å². The van der Waals surface area contributed by atoms with Crippen LogP contribution < -0.4 is 5.73 Å². The largest absolute Gasteiger partial charge is 0.383 e. The van der Waals surface area contributed by atoms with Gasteiger partial charge in [0.05, 0.1) is 9.26 Å². The van der Waals surface area contributed by atoms with Crippen LogP contribution >= 0.6 is 34.2 Å². The van der Waals surface area contributed by atoms with Crippen LogP contribution in [0.5, 0.6) is 0 Å². The minimum atomic E-state index is -0.0746. The van der Waals surface area contributed by atoms with Crippen LogP contribution in [0.2, 0.25) is 5.02 Å². The maximum absolute atomic E-state index is 6.00. The van der Waals surface area contributed by atoms with E-state index in [-0.39, 0.29) is 5.41 Å². The smallest absolute Gasteiger partial charge is 0.161 e. The van der Waals surface area contributed by atoms with Crippen LogP contribution in [0.15, 0.2) is 24.3 Å². The van der Waals surface area contributed by atoms with Crippen molar-refractivity contribution in [2.75, 3.05) is 5.73 Å². The summed E-state index contributed by atoms with van der Waals surface area (Å²) in [6.45, 7) is 6.34. The molecule has 0 unspecified atom stereocenters. The van der Waals surface area contributed by atoms with Crippen LogP contribution in [0.1, 0.15) is 26.5 Å². The normalized spacial score (nSPS) is 11.6. The number of nitrogens with two attached hydrogens (primary N) is 1. The van der Waals surface area contributed by atoms with Gasteiger partial charge >= 0.3 is 0 Å². The van der Waals surface area contributed by atoms with Crippen LogP contribution in [0, 0.1) is 3.57 Å². The van der Waals surface area contributed by atoms with Gasteiger partial charge in [-0.15, -0.1) is 0 Å². The highest BCUT2D eigenvalue weighted by Gasteiger charge is 2.22. The molecule has 0 spiro atoms. The molecule has 0 atom stereocenters. The van der Waals surface area contributed by atoms with Crippen LogP contribution in [0.3, 0.4) is 0 Å². The first kappa shape index (κ1) is 14.5. The van der Waals surface area contributed by atoms with Gasteiger partial charge in [-0.05, 0) is 46.9 Å². The Labute approximate surface area is 131 Å². The molecule has 0 aliphatic rings. The molecule has 2 rings (SSSR count). The molecule has 0 bridgehead atoms. The van der Waals surface area contributed by atoms with Gasteiger partial charge in [-0.2, -0.15) is 0 Å². The monoisotopic (exact) mass is 387 g/mol. The first-order valence-corrected chi connectivity index (χ1v) is 7.34. The fourth-order valence-electron chi connectivity index (χ4n) is 1.69. The van der Waals surface area contributed by atoms with E-state index in [9.17, 15) is 0 Å². The second-order valence-electron chi connectivity index (χ2n) is 5.35. The average molecular weight is 388 g/mol. The zero-order valence-electron chi connectivity index (χ0n) is 11.0. The molecule has 0 saturated carbocycles. The fraction of sp³-hybridized carbons (Fsp3) is 0.286. The van der Waals surface area contributed by atoms with Gasteiger partial charge in [0, 0.05) is 16.0 Å². The molecule has 2 aromatic rings. The maximum Gasteiger partial charge on any atom is 0.161 e. The van der Waals surface area contributed by atoms with Crippen molar-refractivity contribution in [3.8, 4) is 11.4 Å². The molecular weight excluding hydrogens is 373 g/mol.